The van der Waals surface area contributed by atoms with Gasteiger partial charge in [-0.1, -0.05) is 0 Å². The number of aliphatic carboxylic acids is 1. The van der Waals surface area contributed by atoms with Crippen molar-refractivity contribution in [3.8, 4) is 0 Å². The van der Waals surface area contributed by atoms with E-state index in [1.807, 2.05) is 0 Å². The van der Waals surface area contributed by atoms with Crippen molar-refractivity contribution in [3.05, 3.63) is 0 Å². The molecule has 1 saturated heterocycles. The Bertz CT molecular complexity index is 264. The van der Waals surface area contributed by atoms with Crippen LogP contribution in [0.2, 0.25) is 0 Å². The number of amides is 2. The van der Waals surface area contributed by atoms with Gasteiger partial charge in [0.2, 0.25) is 0 Å². The first-order chi connectivity index (χ1) is 8.09. The third kappa shape index (κ3) is 5.53. The lowest BCUT2D eigenvalue weighted by Gasteiger charge is -2.24. The molecule has 0 aliphatic carbocycles. The van der Waals surface area contributed by atoms with Crippen LogP contribution in [0.1, 0.15) is 25.7 Å². The average molecular weight is 244 g/mol. The number of carbonyl (C=O) groups excluding carboxylic acids is 1. The van der Waals surface area contributed by atoms with Crippen molar-refractivity contribution in [2.45, 2.75) is 31.8 Å². The molecule has 1 fully saturated rings. The van der Waals surface area contributed by atoms with Crippen LogP contribution in [-0.4, -0.2) is 54.9 Å². The van der Waals surface area contributed by atoms with Gasteiger partial charge in [0.25, 0.3) is 0 Å². The lowest BCUT2D eigenvalue weighted by Crippen LogP contribution is -2.42. The second-order valence-electron chi connectivity index (χ2n) is 4.24. The summed E-state index contributed by atoms with van der Waals surface area (Å²) in [7, 11) is 1.58. The number of nitrogens with zero attached hydrogens (tertiary/aromatic N) is 1. The standard InChI is InChI=1S/C11H20N2O4/c1-13(6-5-10(14)15)11(16)12-8-9-4-2-3-7-17-9/h9H,2-8H2,1H3,(H,12,16)(H,14,15). The molecule has 1 unspecified atom stereocenters. The Morgan fingerprint density at radius 1 is 1.47 bits per heavy atom. The van der Waals surface area contributed by atoms with Crippen LogP contribution in [0.3, 0.4) is 0 Å². The molecule has 0 spiro atoms. The summed E-state index contributed by atoms with van der Waals surface area (Å²) >= 11 is 0. The number of hydrogen-bond acceptors (Lipinski definition) is 3. The zero-order valence-corrected chi connectivity index (χ0v) is 10.1. The second-order valence-corrected chi connectivity index (χ2v) is 4.24. The van der Waals surface area contributed by atoms with E-state index in [9.17, 15) is 9.59 Å². The summed E-state index contributed by atoms with van der Waals surface area (Å²) in [4.78, 5) is 23.3. The zero-order valence-electron chi connectivity index (χ0n) is 10.1. The van der Waals surface area contributed by atoms with Gasteiger partial charge in [-0.3, -0.25) is 4.79 Å². The van der Waals surface area contributed by atoms with E-state index >= 15 is 0 Å². The number of rotatable bonds is 5. The predicted molar refractivity (Wildman–Crippen MR) is 61.9 cm³/mol. The maximum absolute atomic E-state index is 11.6. The van der Waals surface area contributed by atoms with Crippen molar-refractivity contribution < 1.29 is 19.4 Å². The molecule has 0 aromatic carbocycles. The van der Waals surface area contributed by atoms with Crippen molar-refractivity contribution in [2.75, 3.05) is 26.7 Å². The van der Waals surface area contributed by atoms with Crippen LogP contribution in [-0.2, 0) is 9.53 Å². The van der Waals surface area contributed by atoms with E-state index in [0.717, 1.165) is 25.9 Å². The summed E-state index contributed by atoms with van der Waals surface area (Å²) in [6, 6.07) is -0.250. The predicted octanol–water partition coefficient (Wildman–Crippen LogP) is 0.672. The molecule has 0 saturated carbocycles. The van der Waals surface area contributed by atoms with Crippen molar-refractivity contribution in [2.24, 2.45) is 0 Å². The quantitative estimate of drug-likeness (QED) is 0.745. The van der Waals surface area contributed by atoms with Gasteiger partial charge in [0.15, 0.2) is 0 Å². The molecule has 17 heavy (non-hydrogen) atoms. The summed E-state index contributed by atoms with van der Waals surface area (Å²) in [6.45, 7) is 1.47. The molecule has 1 rings (SSSR count). The monoisotopic (exact) mass is 244 g/mol. The molecular weight excluding hydrogens is 224 g/mol. The van der Waals surface area contributed by atoms with Gasteiger partial charge in [-0.2, -0.15) is 0 Å². The topological polar surface area (TPSA) is 78.9 Å². The molecule has 0 radical (unpaired) electrons. The van der Waals surface area contributed by atoms with Crippen molar-refractivity contribution in [3.63, 3.8) is 0 Å². The Hall–Kier alpha value is -1.30. The fourth-order valence-electron chi connectivity index (χ4n) is 1.67. The molecule has 6 heteroatoms. The molecule has 98 valence electrons. The van der Waals surface area contributed by atoms with Gasteiger partial charge < -0.3 is 20.1 Å². The lowest BCUT2D eigenvalue weighted by atomic mass is 10.1. The summed E-state index contributed by atoms with van der Waals surface area (Å²) in [6.07, 6.45) is 3.25. The number of hydrogen-bond donors (Lipinski definition) is 2. The van der Waals surface area contributed by atoms with Crippen LogP contribution < -0.4 is 5.32 Å². The minimum Gasteiger partial charge on any atom is -0.481 e. The van der Waals surface area contributed by atoms with Crippen molar-refractivity contribution in [1.82, 2.24) is 10.2 Å². The second kappa shape index (κ2) is 7.11. The van der Waals surface area contributed by atoms with Crippen LogP contribution in [0.25, 0.3) is 0 Å². The van der Waals surface area contributed by atoms with Crippen LogP contribution >= 0.6 is 0 Å². The summed E-state index contributed by atoms with van der Waals surface area (Å²) in [5, 5.41) is 11.2. The van der Waals surface area contributed by atoms with E-state index in [4.69, 9.17) is 9.84 Å². The van der Waals surface area contributed by atoms with Gasteiger partial charge >= 0.3 is 12.0 Å². The molecule has 0 bridgehead atoms. The third-order valence-electron chi connectivity index (χ3n) is 2.76. The summed E-state index contributed by atoms with van der Waals surface area (Å²) in [5.74, 6) is -0.903. The fourth-order valence-corrected chi connectivity index (χ4v) is 1.67. The van der Waals surface area contributed by atoms with Crippen molar-refractivity contribution >= 4 is 12.0 Å². The first-order valence-corrected chi connectivity index (χ1v) is 5.92. The molecular formula is C11H20N2O4. The van der Waals surface area contributed by atoms with Crippen LogP contribution in [0.15, 0.2) is 0 Å². The molecule has 2 amide bonds. The number of carboxylic acid groups (broad SMARTS) is 1. The fraction of sp³-hybridized carbons (Fsp3) is 0.818. The highest BCUT2D eigenvalue weighted by molar-refractivity contribution is 5.75. The van der Waals surface area contributed by atoms with E-state index in [2.05, 4.69) is 5.32 Å². The van der Waals surface area contributed by atoms with E-state index in [-0.39, 0.29) is 25.1 Å². The highest BCUT2D eigenvalue weighted by atomic mass is 16.5. The van der Waals surface area contributed by atoms with Gasteiger partial charge in [-0.15, -0.1) is 0 Å². The lowest BCUT2D eigenvalue weighted by molar-refractivity contribution is -0.137. The average Bonchev–Trinajstić information content (AvgIpc) is 2.34. The number of carboxylic acids is 1. The maximum atomic E-state index is 11.6. The smallest absolute Gasteiger partial charge is 0.317 e. The third-order valence-corrected chi connectivity index (χ3v) is 2.76. The van der Waals surface area contributed by atoms with E-state index in [0.29, 0.717) is 6.54 Å². The Kier molecular flexibility index (Phi) is 5.76. The molecule has 6 nitrogen and oxygen atoms in total. The number of nitrogens with one attached hydrogen (secondary N) is 1. The van der Waals surface area contributed by atoms with Gasteiger partial charge in [0.1, 0.15) is 0 Å². The molecule has 0 aromatic rings. The first-order valence-electron chi connectivity index (χ1n) is 5.92. The van der Waals surface area contributed by atoms with Gasteiger partial charge in [-0.05, 0) is 19.3 Å². The normalized spacial score (nSPS) is 19.7. The van der Waals surface area contributed by atoms with Crippen LogP contribution in [0.5, 0.6) is 0 Å². The Labute approximate surface area is 101 Å². The van der Waals surface area contributed by atoms with Gasteiger partial charge in [0.05, 0.1) is 12.5 Å². The highest BCUT2D eigenvalue weighted by Crippen LogP contribution is 2.11. The Morgan fingerprint density at radius 2 is 2.24 bits per heavy atom. The van der Waals surface area contributed by atoms with E-state index < -0.39 is 5.97 Å². The van der Waals surface area contributed by atoms with E-state index in [1.54, 1.807) is 7.05 Å². The minimum atomic E-state index is -0.903. The maximum Gasteiger partial charge on any atom is 0.317 e. The summed E-state index contributed by atoms with van der Waals surface area (Å²) in [5.41, 5.74) is 0. The molecule has 2 N–H and O–H groups in total. The highest BCUT2D eigenvalue weighted by Gasteiger charge is 2.16. The molecule has 1 heterocycles. The van der Waals surface area contributed by atoms with Crippen LogP contribution in [0.4, 0.5) is 4.79 Å². The number of ether oxygens (including phenoxy) is 1. The van der Waals surface area contributed by atoms with E-state index in [1.165, 1.54) is 4.90 Å². The number of carbonyl (C=O) groups is 2. The minimum absolute atomic E-state index is 0.0378. The van der Waals surface area contributed by atoms with Gasteiger partial charge in [0, 0.05) is 26.7 Å². The first kappa shape index (κ1) is 13.8. The Balaban J connectivity index is 2.16. The number of urea groups is 1. The molecule has 1 aliphatic rings. The van der Waals surface area contributed by atoms with Gasteiger partial charge in [-0.25, -0.2) is 4.79 Å². The molecule has 1 aliphatic heterocycles. The zero-order chi connectivity index (χ0) is 12.7. The van der Waals surface area contributed by atoms with Crippen molar-refractivity contribution in [1.29, 1.82) is 0 Å². The largest absolute Gasteiger partial charge is 0.481 e. The summed E-state index contributed by atoms with van der Waals surface area (Å²) < 4.78 is 5.48. The molecule has 1 atom stereocenters. The molecule has 0 aromatic heterocycles. The van der Waals surface area contributed by atoms with Crippen LogP contribution in [0, 0.1) is 0 Å². The SMILES string of the molecule is CN(CCC(=O)O)C(=O)NCC1CCCCO1. The Morgan fingerprint density at radius 3 is 2.82 bits per heavy atom.